The van der Waals surface area contributed by atoms with Crippen LogP contribution in [0.4, 0.5) is 20.6 Å². The molecule has 1 N–H and O–H groups in total. The van der Waals surface area contributed by atoms with Gasteiger partial charge in [-0.2, -0.15) is 0 Å². The van der Waals surface area contributed by atoms with Crippen molar-refractivity contribution in [3.05, 3.63) is 60.0 Å². The lowest BCUT2D eigenvalue weighted by Crippen LogP contribution is -2.46. The normalized spacial score (nSPS) is 14.8. The van der Waals surface area contributed by atoms with Crippen LogP contribution in [0, 0.1) is 5.82 Å². The van der Waals surface area contributed by atoms with Crippen molar-refractivity contribution in [2.75, 3.05) is 43.5 Å². The lowest BCUT2D eigenvalue weighted by molar-refractivity contribution is 0.0636. The van der Waals surface area contributed by atoms with Gasteiger partial charge in [-0.1, -0.05) is 6.07 Å². The molecule has 1 aromatic heterocycles. The number of pyridine rings is 1. The Morgan fingerprint density at radius 1 is 1.06 bits per heavy atom. The highest BCUT2D eigenvalue weighted by molar-refractivity contribution is 5.90. The van der Waals surface area contributed by atoms with Crippen LogP contribution in [-0.2, 0) is 11.3 Å². The molecule has 0 radical (unpaired) electrons. The smallest absolute Gasteiger partial charge is 0.412 e. The summed E-state index contributed by atoms with van der Waals surface area (Å²) < 4.78 is 24.2. The van der Waals surface area contributed by atoms with Crippen LogP contribution >= 0.6 is 0 Å². The van der Waals surface area contributed by atoms with Crippen LogP contribution in [0.3, 0.4) is 0 Å². The molecule has 1 aliphatic heterocycles. The van der Waals surface area contributed by atoms with Crippen molar-refractivity contribution < 1.29 is 18.7 Å². The van der Waals surface area contributed by atoms with E-state index in [1.165, 1.54) is 12.1 Å². The number of rotatable bonds is 5. The van der Waals surface area contributed by atoms with Gasteiger partial charge in [0.15, 0.2) is 0 Å². The van der Waals surface area contributed by atoms with E-state index in [-0.39, 0.29) is 5.82 Å². The maximum absolute atomic E-state index is 13.5. The summed E-state index contributed by atoms with van der Waals surface area (Å²) in [6.45, 7) is 9.65. The second kappa shape index (κ2) is 9.85. The van der Waals surface area contributed by atoms with Gasteiger partial charge in [-0.05, 0) is 57.2 Å². The Bertz CT molecular complexity index is 1170. The fraction of sp³-hybridized carbons (Fsp3) is 0.385. The summed E-state index contributed by atoms with van der Waals surface area (Å²) in [6, 6.07) is 14.4. The number of halogens is 1. The summed E-state index contributed by atoms with van der Waals surface area (Å²) in [6.07, 6.45) is -0.478. The van der Waals surface area contributed by atoms with Crippen molar-refractivity contribution in [2.45, 2.75) is 32.9 Å². The Balaban J connectivity index is 1.36. The SMILES string of the molecule is COc1cc(F)ccc1N1CCN(Cc2ccc3cc(NC(=O)OC(C)(C)C)ccc3n2)CC1. The Labute approximate surface area is 199 Å². The number of methoxy groups -OCH3 is 1. The Hall–Kier alpha value is -3.39. The first-order valence-corrected chi connectivity index (χ1v) is 11.4. The van der Waals surface area contributed by atoms with Crippen LogP contribution in [0.2, 0.25) is 0 Å². The second-order valence-corrected chi connectivity index (χ2v) is 9.42. The first-order chi connectivity index (χ1) is 16.2. The average Bonchev–Trinajstić information content (AvgIpc) is 2.78. The van der Waals surface area contributed by atoms with Crippen LogP contribution < -0.4 is 15.0 Å². The number of hydrogen-bond donors (Lipinski definition) is 1. The minimum absolute atomic E-state index is 0.297. The number of carbonyl (C=O) groups excluding carboxylic acids is 1. The van der Waals surface area contributed by atoms with Crippen LogP contribution in [0.15, 0.2) is 48.5 Å². The van der Waals surface area contributed by atoms with Gasteiger partial charge in [-0.3, -0.25) is 15.2 Å². The van der Waals surface area contributed by atoms with E-state index in [4.69, 9.17) is 14.5 Å². The van der Waals surface area contributed by atoms with E-state index in [1.807, 2.05) is 51.1 Å². The molecule has 1 amide bonds. The van der Waals surface area contributed by atoms with Crippen molar-refractivity contribution >= 4 is 28.4 Å². The maximum Gasteiger partial charge on any atom is 0.412 e. The van der Waals surface area contributed by atoms with Crippen molar-refractivity contribution in [3.8, 4) is 5.75 Å². The molecule has 0 unspecified atom stereocenters. The number of piperazine rings is 1. The molecule has 0 saturated carbocycles. The van der Waals surface area contributed by atoms with Gasteiger partial charge in [0.2, 0.25) is 0 Å². The Morgan fingerprint density at radius 2 is 1.82 bits per heavy atom. The van der Waals surface area contributed by atoms with Gasteiger partial charge in [0, 0.05) is 49.9 Å². The number of ether oxygens (including phenoxy) is 2. The number of hydrogen-bond acceptors (Lipinski definition) is 6. The van der Waals surface area contributed by atoms with Crippen LogP contribution in [0.1, 0.15) is 26.5 Å². The van der Waals surface area contributed by atoms with Gasteiger partial charge in [-0.15, -0.1) is 0 Å². The zero-order chi connectivity index (χ0) is 24.3. The molecule has 4 rings (SSSR count). The second-order valence-electron chi connectivity index (χ2n) is 9.42. The fourth-order valence-electron chi connectivity index (χ4n) is 4.04. The Morgan fingerprint density at radius 3 is 2.53 bits per heavy atom. The van der Waals surface area contributed by atoms with E-state index in [9.17, 15) is 9.18 Å². The van der Waals surface area contributed by atoms with Crippen molar-refractivity contribution in [2.24, 2.45) is 0 Å². The molecule has 3 aromatic rings. The molecule has 2 heterocycles. The number of amides is 1. The van der Waals surface area contributed by atoms with E-state index >= 15 is 0 Å². The molecule has 180 valence electrons. The number of fused-ring (bicyclic) bond motifs is 1. The fourth-order valence-corrected chi connectivity index (χ4v) is 4.04. The summed E-state index contributed by atoms with van der Waals surface area (Å²) in [5.41, 5.74) is 2.91. The molecule has 0 bridgehead atoms. The summed E-state index contributed by atoms with van der Waals surface area (Å²) >= 11 is 0. The standard InChI is InChI=1S/C26H31FN4O3/c1-26(2,3)34-25(32)29-20-8-9-22-18(15-20)5-7-21(28-22)17-30-11-13-31(14-12-30)23-10-6-19(27)16-24(23)33-4/h5-10,15-16H,11-14,17H2,1-4H3,(H,29,32). The number of carbonyl (C=O) groups is 1. The molecule has 1 saturated heterocycles. The molecular formula is C26H31FN4O3. The largest absolute Gasteiger partial charge is 0.494 e. The third-order valence-electron chi connectivity index (χ3n) is 5.63. The highest BCUT2D eigenvalue weighted by atomic mass is 19.1. The summed E-state index contributed by atoms with van der Waals surface area (Å²) in [4.78, 5) is 21.4. The molecular weight excluding hydrogens is 435 g/mol. The zero-order valence-electron chi connectivity index (χ0n) is 20.1. The van der Waals surface area contributed by atoms with Crippen molar-refractivity contribution in [3.63, 3.8) is 0 Å². The first kappa shape index (κ1) is 23.8. The molecule has 7 nitrogen and oxygen atoms in total. The number of benzene rings is 2. The predicted octanol–water partition coefficient (Wildman–Crippen LogP) is 5.05. The van der Waals surface area contributed by atoms with Crippen molar-refractivity contribution in [1.29, 1.82) is 0 Å². The maximum atomic E-state index is 13.5. The van der Waals surface area contributed by atoms with Gasteiger partial charge in [0.1, 0.15) is 17.2 Å². The zero-order valence-corrected chi connectivity index (χ0v) is 20.1. The highest BCUT2D eigenvalue weighted by Gasteiger charge is 2.21. The molecule has 8 heteroatoms. The Kier molecular flexibility index (Phi) is 6.88. The monoisotopic (exact) mass is 466 g/mol. The van der Waals surface area contributed by atoms with Crippen LogP contribution in [-0.4, -0.2) is 54.9 Å². The van der Waals surface area contributed by atoms with E-state index in [0.29, 0.717) is 11.4 Å². The van der Waals surface area contributed by atoms with Crippen LogP contribution in [0.25, 0.3) is 10.9 Å². The third kappa shape index (κ3) is 5.94. The third-order valence-corrected chi connectivity index (χ3v) is 5.63. The summed E-state index contributed by atoms with van der Waals surface area (Å²) in [5, 5.41) is 3.72. The minimum Gasteiger partial charge on any atom is -0.494 e. The molecule has 0 aliphatic carbocycles. The summed E-state index contributed by atoms with van der Waals surface area (Å²) in [5.74, 6) is 0.263. The lowest BCUT2D eigenvalue weighted by Gasteiger charge is -2.36. The lowest BCUT2D eigenvalue weighted by atomic mass is 10.1. The van der Waals surface area contributed by atoms with E-state index in [2.05, 4.69) is 15.1 Å². The molecule has 0 atom stereocenters. The van der Waals surface area contributed by atoms with Gasteiger partial charge >= 0.3 is 6.09 Å². The molecule has 2 aromatic carbocycles. The minimum atomic E-state index is -0.548. The highest BCUT2D eigenvalue weighted by Crippen LogP contribution is 2.30. The number of nitrogens with zero attached hydrogens (tertiary/aromatic N) is 3. The van der Waals surface area contributed by atoms with Gasteiger partial charge in [0.05, 0.1) is 24.0 Å². The average molecular weight is 467 g/mol. The van der Waals surface area contributed by atoms with E-state index < -0.39 is 11.7 Å². The molecule has 0 spiro atoms. The quantitative estimate of drug-likeness (QED) is 0.568. The number of nitrogens with one attached hydrogen (secondary N) is 1. The molecule has 1 fully saturated rings. The summed E-state index contributed by atoms with van der Waals surface area (Å²) in [7, 11) is 1.57. The van der Waals surface area contributed by atoms with Gasteiger partial charge in [-0.25, -0.2) is 9.18 Å². The number of anilines is 2. The predicted molar refractivity (Wildman–Crippen MR) is 132 cm³/mol. The topological polar surface area (TPSA) is 66.9 Å². The molecule has 34 heavy (non-hydrogen) atoms. The van der Waals surface area contributed by atoms with Gasteiger partial charge < -0.3 is 14.4 Å². The van der Waals surface area contributed by atoms with E-state index in [0.717, 1.165) is 55.0 Å². The van der Waals surface area contributed by atoms with E-state index in [1.54, 1.807) is 13.2 Å². The number of aromatic nitrogens is 1. The molecule has 1 aliphatic rings. The van der Waals surface area contributed by atoms with Crippen LogP contribution in [0.5, 0.6) is 5.75 Å². The van der Waals surface area contributed by atoms with Gasteiger partial charge in [0.25, 0.3) is 0 Å². The van der Waals surface area contributed by atoms with Crippen molar-refractivity contribution in [1.82, 2.24) is 9.88 Å². The first-order valence-electron chi connectivity index (χ1n) is 11.4.